The topological polar surface area (TPSA) is 0 Å². The predicted octanol–water partition coefficient (Wildman–Crippen LogP) is 3.30. The molecule has 0 heterocycles. The Hall–Kier alpha value is -2.10. The van der Waals surface area contributed by atoms with Crippen molar-refractivity contribution in [3.63, 3.8) is 0 Å². The Bertz CT molecular complexity index is 868. The molecule has 4 radical (unpaired) electrons. The Morgan fingerprint density at radius 3 is 1.21 bits per heavy atom. The van der Waals surface area contributed by atoms with E-state index in [0.717, 1.165) is 0 Å². The fourth-order valence-electron chi connectivity index (χ4n) is 3.07. The molecule has 0 N–H and O–H groups in total. The second kappa shape index (κ2) is 10.4. The van der Waals surface area contributed by atoms with Crippen LogP contribution in [0.25, 0.3) is 0 Å². The van der Waals surface area contributed by atoms with Gasteiger partial charge < -0.3 is 0 Å². The molecule has 0 aliphatic carbocycles. The zero-order chi connectivity index (χ0) is 19.8. The first-order valence-electron chi connectivity index (χ1n) is 9.48. The van der Waals surface area contributed by atoms with Crippen LogP contribution >= 0.6 is 0 Å². The van der Waals surface area contributed by atoms with E-state index >= 15 is 0 Å². The van der Waals surface area contributed by atoms with Gasteiger partial charge in [0, 0.05) is 0 Å². The zero-order valence-corrected chi connectivity index (χ0v) is 20.2. The molecular weight excluding hydrogens is 459 g/mol. The van der Waals surface area contributed by atoms with Crippen molar-refractivity contribution in [1.29, 1.82) is 0 Å². The van der Waals surface area contributed by atoms with Gasteiger partial charge in [-0.1, -0.05) is 23.4 Å². The number of hydrogen-bond acceptors (Lipinski definition) is 0. The molecule has 0 fully saturated rings. The summed E-state index contributed by atoms with van der Waals surface area (Å²) < 4.78 is 4.59. The van der Waals surface area contributed by atoms with Crippen LogP contribution in [0.4, 0.5) is 0 Å². The molecule has 0 spiro atoms. The first kappa shape index (κ1) is 20.6. The van der Waals surface area contributed by atoms with Crippen molar-refractivity contribution in [3.05, 3.63) is 120 Å². The van der Waals surface area contributed by atoms with Crippen LogP contribution in [0.5, 0.6) is 0 Å². The van der Waals surface area contributed by atoms with Crippen LogP contribution in [0.1, 0.15) is 11.1 Å². The SMILES string of the molecule is Cc1cccc([Si])c1C.c1cc[c]([Sn]([c]2ccccc2)[c]2ccccc2)cc1. The van der Waals surface area contributed by atoms with E-state index < -0.39 is 19.8 Å². The molecule has 0 aliphatic rings. The van der Waals surface area contributed by atoms with Crippen LogP contribution in [-0.2, 0) is 0 Å². The van der Waals surface area contributed by atoms with Gasteiger partial charge >= 0.3 is 121 Å². The molecule has 0 aliphatic heterocycles. The fourth-order valence-corrected chi connectivity index (χ4v) is 10.7. The number of benzene rings is 4. The third-order valence-corrected chi connectivity index (χ3v) is 13.1. The molecule has 28 heavy (non-hydrogen) atoms. The van der Waals surface area contributed by atoms with Crippen molar-refractivity contribution < 1.29 is 0 Å². The van der Waals surface area contributed by atoms with Gasteiger partial charge in [0.05, 0.1) is 10.2 Å². The first-order chi connectivity index (χ1) is 13.7. The summed E-state index contributed by atoms with van der Waals surface area (Å²) in [4.78, 5) is 0. The molecule has 2 heteroatoms. The van der Waals surface area contributed by atoms with E-state index in [9.17, 15) is 0 Å². The van der Waals surface area contributed by atoms with Crippen LogP contribution in [0.2, 0.25) is 0 Å². The Labute approximate surface area is 179 Å². The molecule has 136 valence electrons. The van der Waals surface area contributed by atoms with Gasteiger partial charge in [-0.3, -0.25) is 0 Å². The van der Waals surface area contributed by atoms with E-state index in [4.69, 9.17) is 0 Å². The summed E-state index contributed by atoms with van der Waals surface area (Å²) in [5.74, 6) is 0. The summed E-state index contributed by atoms with van der Waals surface area (Å²) in [5, 5.41) is 1.19. The van der Waals surface area contributed by atoms with Crippen molar-refractivity contribution in [1.82, 2.24) is 0 Å². The van der Waals surface area contributed by atoms with Gasteiger partial charge in [0.2, 0.25) is 0 Å². The molecule has 0 saturated heterocycles. The molecule has 0 saturated carbocycles. The molecule has 0 nitrogen and oxygen atoms in total. The number of aryl methyl sites for hydroxylation is 1. The van der Waals surface area contributed by atoms with Gasteiger partial charge in [-0.15, -0.1) is 0 Å². The standard InChI is InChI=1S/C8H9Si.3C6H5.Sn/c1-6-4-3-5-8(9)7(6)2;3*1-2-4-6-5-3-1;/h3-5H,1-2H3;3*1-5H;. The minimum atomic E-state index is -1.98. The van der Waals surface area contributed by atoms with Gasteiger partial charge in [0.25, 0.3) is 0 Å². The average molecular weight is 483 g/mol. The molecule has 0 unspecified atom stereocenters. The summed E-state index contributed by atoms with van der Waals surface area (Å²) in [7, 11) is 3.49. The van der Waals surface area contributed by atoms with Crippen molar-refractivity contribution in [2.24, 2.45) is 0 Å². The van der Waals surface area contributed by atoms with Crippen molar-refractivity contribution in [3.8, 4) is 0 Å². The summed E-state index contributed by atoms with van der Waals surface area (Å²) in [5.41, 5.74) is 2.66. The number of hydrogen-bond donors (Lipinski definition) is 0. The summed E-state index contributed by atoms with van der Waals surface area (Å²) in [6.07, 6.45) is 0. The molecule has 0 aromatic heterocycles. The zero-order valence-electron chi connectivity index (χ0n) is 16.4. The Morgan fingerprint density at radius 2 is 0.893 bits per heavy atom. The van der Waals surface area contributed by atoms with Crippen LogP contribution in [0.15, 0.2) is 109 Å². The molecule has 4 aromatic rings. The van der Waals surface area contributed by atoms with E-state index in [1.54, 1.807) is 0 Å². The van der Waals surface area contributed by atoms with Gasteiger partial charge in [0.15, 0.2) is 0 Å². The molecule has 0 amide bonds. The van der Waals surface area contributed by atoms with E-state index in [1.165, 1.54) is 27.1 Å². The van der Waals surface area contributed by atoms with E-state index in [-0.39, 0.29) is 0 Å². The second-order valence-corrected chi connectivity index (χ2v) is 14.3. The first-order valence-corrected chi connectivity index (χ1v) is 14.3. The van der Waals surface area contributed by atoms with Gasteiger partial charge in [-0.25, -0.2) is 0 Å². The number of rotatable bonds is 3. The molecule has 0 atom stereocenters. The molecule has 4 aromatic carbocycles. The van der Waals surface area contributed by atoms with E-state index in [0.29, 0.717) is 0 Å². The Balaban J connectivity index is 0.000000211. The van der Waals surface area contributed by atoms with Crippen LogP contribution in [0, 0.1) is 13.8 Å². The summed E-state index contributed by atoms with van der Waals surface area (Å²) >= 11 is -1.98. The van der Waals surface area contributed by atoms with Crippen molar-refractivity contribution in [2.75, 3.05) is 0 Å². The second-order valence-electron chi connectivity index (χ2n) is 6.72. The Kier molecular flexibility index (Phi) is 7.69. The predicted molar refractivity (Wildman–Crippen MR) is 125 cm³/mol. The summed E-state index contributed by atoms with van der Waals surface area (Å²) in [6, 6.07) is 39.1. The van der Waals surface area contributed by atoms with E-state index in [2.05, 4.69) is 127 Å². The van der Waals surface area contributed by atoms with Crippen LogP contribution in [-0.4, -0.2) is 30.0 Å². The normalized spacial score (nSPS) is 10.3. The maximum absolute atomic E-state index is 3.49. The minimum absolute atomic E-state index is 1.19. The third-order valence-electron chi connectivity index (χ3n) is 4.79. The van der Waals surface area contributed by atoms with Crippen LogP contribution in [0.3, 0.4) is 0 Å². The Morgan fingerprint density at radius 1 is 0.500 bits per heavy atom. The molecular formula is C26H24SiSn. The van der Waals surface area contributed by atoms with Crippen LogP contribution < -0.4 is 15.9 Å². The summed E-state index contributed by atoms with van der Waals surface area (Å²) in [6.45, 7) is 4.22. The molecule has 0 bridgehead atoms. The third kappa shape index (κ3) is 5.46. The quantitative estimate of drug-likeness (QED) is 0.393. The monoisotopic (exact) mass is 484 g/mol. The fraction of sp³-hybridized carbons (Fsp3) is 0.0769. The van der Waals surface area contributed by atoms with Crippen molar-refractivity contribution in [2.45, 2.75) is 13.8 Å². The van der Waals surface area contributed by atoms with Crippen molar-refractivity contribution >= 4 is 45.9 Å². The van der Waals surface area contributed by atoms with Gasteiger partial charge in [-0.05, 0) is 25.0 Å². The maximum atomic E-state index is 3.49. The van der Waals surface area contributed by atoms with Gasteiger partial charge in [0.1, 0.15) is 0 Å². The molecule has 4 rings (SSSR count). The van der Waals surface area contributed by atoms with Gasteiger partial charge in [-0.2, -0.15) is 0 Å². The van der Waals surface area contributed by atoms with E-state index in [1.807, 2.05) is 6.07 Å². The average Bonchev–Trinajstić information content (AvgIpc) is 2.75.